The standard InChI is InChI=1S/C14H17N3O2/c1-10-5-6-11(4-3-7-15)12(8-10)14(19)17(2)9-13(16)18/h5-6,8H,7,9,15H2,1-2H3,(H2,16,18). The van der Waals surface area contributed by atoms with Crippen molar-refractivity contribution in [3.05, 3.63) is 34.9 Å². The highest BCUT2D eigenvalue weighted by atomic mass is 16.2. The minimum atomic E-state index is -0.557. The van der Waals surface area contributed by atoms with E-state index in [2.05, 4.69) is 11.8 Å². The number of amides is 2. The molecule has 100 valence electrons. The second kappa shape index (κ2) is 6.57. The SMILES string of the molecule is Cc1ccc(C#CCN)c(C(=O)N(C)CC(N)=O)c1. The topological polar surface area (TPSA) is 89.4 Å². The van der Waals surface area contributed by atoms with Gasteiger partial charge in [-0.2, -0.15) is 0 Å². The number of carbonyl (C=O) groups excluding carboxylic acids is 2. The number of benzene rings is 1. The fraction of sp³-hybridized carbons (Fsp3) is 0.286. The van der Waals surface area contributed by atoms with Crippen molar-refractivity contribution in [1.29, 1.82) is 0 Å². The first-order chi connectivity index (χ1) is 8.95. The van der Waals surface area contributed by atoms with Gasteiger partial charge in [0.15, 0.2) is 0 Å². The maximum Gasteiger partial charge on any atom is 0.255 e. The normalized spacial score (nSPS) is 9.42. The van der Waals surface area contributed by atoms with Crippen LogP contribution in [0, 0.1) is 18.8 Å². The summed E-state index contributed by atoms with van der Waals surface area (Å²) < 4.78 is 0. The molecule has 0 unspecified atom stereocenters. The van der Waals surface area contributed by atoms with E-state index in [-0.39, 0.29) is 19.0 Å². The Hall–Kier alpha value is -2.32. The molecule has 0 saturated heterocycles. The van der Waals surface area contributed by atoms with Crippen LogP contribution in [0.1, 0.15) is 21.5 Å². The third-order valence-electron chi connectivity index (χ3n) is 2.47. The summed E-state index contributed by atoms with van der Waals surface area (Å²) in [7, 11) is 1.52. The van der Waals surface area contributed by atoms with E-state index in [1.54, 1.807) is 12.1 Å². The van der Waals surface area contributed by atoms with Crippen molar-refractivity contribution < 1.29 is 9.59 Å². The molecule has 0 saturated carbocycles. The van der Waals surface area contributed by atoms with Crippen LogP contribution >= 0.6 is 0 Å². The van der Waals surface area contributed by atoms with E-state index in [1.807, 2.05) is 13.0 Å². The zero-order valence-electron chi connectivity index (χ0n) is 11.1. The number of nitrogens with zero attached hydrogens (tertiary/aromatic N) is 1. The van der Waals surface area contributed by atoms with Crippen LogP contribution in [0.25, 0.3) is 0 Å². The molecule has 1 aromatic rings. The van der Waals surface area contributed by atoms with Crippen molar-refractivity contribution in [1.82, 2.24) is 4.90 Å². The first-order valence-corrected chi connectivity index (χ1v) is 5.79. The molecular weight excluding hydrogens is 242 g/mol. The maximum absolute atomic E-state index is 12.2. The fourth-order valence-electron chi connectivity index (χ4n) is 1.60. The summed E-state index contributed by atoms with van der Waals surface area (Å²) in [5.41, 5.74) is 12.4. The first kappa shape index (κ1) is 14.7. The molecule has 0 aromatic heterocycles. The largest absolute Gasteiger partial charge is 0.368 e. The molecule has 0 aliphatic rings. The predicted molar refractivity (Wildman–Crippen MR) is 73.3 cm³/mol. The lowest BCUT2D eigenvalue weighted by Gasteiger charge is -2.16. The van der Waals surface area contributed by atoms with Crippen molar-refractivity contribution in [3.63, 3.8) is 0 Å². The van der Waals surface area contributed by atoms with Crippen molar-refractivity contribution in [2.45, 2.75) is 6.92 Å². The summed E-state index contributed by atoms with van der Waals surface area (Å²) in [5, 5.41) is 0. The smallest absolute Gasteiger partial charge is 0.255 e. The van der Waals surface area contributed by atoms with Crippen LogP contribution < -0.4 is 11.5 Å². The van der Waals surface area contributed by atoms with E-state index >= 15 is 0 Å². The van der Waals surface area contributed by atoms with E-state index in [1.165, 1.54) is 11.9 Å². The van der Waals surface area contributed by atoms with Crippen LogP contribution in [-0.2, 0) is 4.79 Å². The van der Waals surface area contributed by atoms with Gasteiger partial charge in [0.1, 0.15) is 0 Å². The van der Waals surface area contributed by atoms with E-state index in [9.17, 15) is 9.59 Å². The van der Waals surface area contributed by atoms with E-state index < -0.39 is 5.91 Å². The molecule has 19 heavy (non-hydrogen) atoms. The number of rotatable bonds is 3. The molecule has 4 N–H and O–H groups in total. The molecule has 0 spiro atoms. The third kappa shape index (κ3) is 4.12. The minimum absolute atomic E-state index is 0.128. The van der Waals surface area contributed by atoms with Crippen molar-refractivity contribution in [2.75, 3.05) is 20.1 Å². The number of hydrogen-bond acceptors (Lipinski definition) is 3. The lowest BCUT2D eigenvalue weighted by atomic mass is 10.0. The molecular formula is C14H17N3O2. The van der Waals surface area contributed by atoms with Crippen LogP contribution in [0.15, 0.2) is 18.2 Å². The number of hydrogen-bond donors (Lipinski definition) is 2. The van der Waals surface area contributed by atoms with Crippen LogP contribution in [-0.4, -0.2) is 36.9 Å². The molecule has 0 aliphatic carbocycles. The Labute approximate surface area is 112 Å². The Morgan fingerprint density at radius 1 is 1.37 bits per heavy atom. The van der Waals surface area contributed by atoms with Gasteiger partial charge in [-0.3, -0.25) is 9.59 Å². The van der Waals surface area contributed by atoms with E-state index in [4.69, 9.17) is 11.5 Å². The van der Waals surface area contributed by atoms with Crippen LogP contribution in [0.4, 0.5) is 0 Å². The predicted octanol–water partition coefficient (Wildman–Crippen LogP) is -0.137. The summed E-state index contributed by atoms with van der Waals surface area (Å²) in [6.45, 7) is 1.97. The van der Waals surface area contributed by atoms with Crippen LogP contribution in [0.3, 0.4) is 0 Å². The minimum Gasteiger partial charge on any atom is -0.368 e. The molecule has 1 rings (SSSR count). The monoisotopic (exact) mass is 259 g/mol. The molecule has 0 fully saturated rings. The maximum atomic E-state index is 12.2. The van der Waals surface area contributed by atoms with Gasteiger partial charge in [0.2, 0.25) is 5.91 Å². The summed E-state index contributed by atoms with van der Waals surface area (Å²) in [6, 6.07) is 5.37. The van der Waals surface area contributed by atoms with Gasteiger partial charge in [-0.1, -0.05) is 23.5 Å². The molecule has 0 radical (unpaired) electrons. The van der Waals surface area contributed by atoms with Gasteiger partial charge in [0.05, 0.1) is 18.7 Å². The Morgan fingerprint density at radius 3 is 2.63 bits per heavy atom. The highest BCUT2D eigenvalue weighted by Crippen LogP contribution is 2.13. The zero-order chi connectivity index (χ0) is 14.4. The Morgan fingerprint density at radius 2 is 2.05 bits per heavy atom. The van der Waals surface area contributed by atoms with Crippen LogP contribution in [0.2, 0.25) is 0 Å². The summed E-state index contributed by atoms with van der Waals surface area (Å²) in [5.74, 6) is 4.72. The average molecular weight is 259 g/mol. The summed E-state index contributed by atoms with van der Waals surface area (Å²) in [4.78, 5) is 24.4. The molecule has 0 bridgehead atoms. The molecule has 1 aromatic carbocycles. The van der Waals surface area contributed by atoms with Gasteiger partial charge >= 0.3 is 0 Å². The number of carbonyl (C=O) groups is 2. The van der Waals surface area contributed by atoms with Gasteiger partial charge in [-0.05, 0) is 19.1 Å². The van der Waals surface area contributed by atoms with Gasteiger partial charge in [0.25, 0.3) is 5.91 Å². The Balaban J connectivity index is 3.13. The van der Waals surface area contributed by atoms with Crippen LogP contribution in [0.5, 0.6) is 0 Å². The summed E-state index contributed by atoms with van der Waals surface area (Å²) in [6.07, 6.45) is 0. The highest BCUT2D eigenvalue weighted by Gasteiger charge is 2.16. The molecule has 5 heteroatoms. The second-order valence-electron chi connectivity index (χ2n) is 4.18. The number of likely N-dealkylation sites (N-methyl/N-ethyl adjacent to an activating group) is 1. The fourth-order valence-corrected chi connectivity index (χ4v) is 1.60. The number of primary amides is 1. The van der Waals surface area contributed by atoms with E-state index in [0.717, 1.165) is 5.56 Å². The molecule has 0 atom stereocenters. The lowest BCUT2D eigenvalue weighted by molar-refractivity contribution is -0.118. The molecule has 2 amide bonds. The second-order valence-corrected chi connectivity index (χ2v) is 4.18. The number of nitrogens with two attached hydrogens (primary N) is 2. The van der Waals surface area contributed by atoms with E-state index in [0.29, 0.717) is 11.1 Å². The Bertz CT molecular complexity index is 556. The molecule has 0 aliphatic heterocycles. The third-order valence-corrected chi connectivity index (χ3v) is 2.47. The zero-order valence-corrected chi connectivity index (χ0v) is 11.1. The quantitative estimate of drug-likeness (QED) is 0.740. The first-order valence-electron chi connectivity index (χ1n) is 5.79. The summed E-state index contributed by atoms with van der Waals surface area (Å²) >= 11 is 0. The average Bonchev–Trinajstić information content (AvgIpc) is 2.35. The van der Waals surface area contributed by atoms with Gasteiger partial charge in [0, 0.05) is 12.6 Å². The highest BCUT2D eigenvalue weighted by molar-refractivity contribution is 5.98. The van der Waals surface area contributed by atoms with Gasteiger partial charge in [-0.15, -0.1) is 0 Å². The van der Waals surface area contributed by atoms with Gasteiger partial charge in [-0.25, -0.2) is 0 Å². The van der Waals surface area contributed by atoms with Crippen molar-refractivity contribution in [2.24, 2.45) is 11.5 Å². The van der Waals surface area contributed by atoms with Crippen molar-refractivity contribution in [3.8, 4) is 11.8 Å². The van der Waals surface area contributed by atoms with Gasteiger partial charge < -0.3 is 16.4 Å². The molecule has 0 heterocycles. The lowest BCUT2D eigenvalue weighted by Crippen LogP contribution is -2.35. The number of aryl methyl sites for hydroxylation is 1. The van der Waals surface area contributed by atoms with Crippen molar-refractivity contribution >= 4 is 11.8 Å². The Kier molecular flexibility index (Phi) is 5.10. The molecule has 5 nitrogen and oxygen atoms in total.